The van der Waals surface area contributed by atoms with Crippen molar-refractivity contribution in [3.63, 3.8) is 0 Å². The zero-order valence-electron chi connectivity index (χ0n) is 12.5. The minimum atomic E-state index is -1.98. The quantitative estimate of drug-likeness (QED) is 0.503. The molecule has 22 heavy (non-hydrogen) atoms. The Kier molecular flexibility index (Phi) is 8.02. The van der Waals surface area contributed by atoms with Gasteiger partial charge in [-0.1, -0.05) is 90.6 Å². The Bertz CT molecular complexity index is 520. The summed E-state index contributed by atoms with van der Waals surface area (Å²) in [4.78, 5) is 12.1. The molecule has 0 aliphatic heterocycles. The lowest BCUT2D eigenvalue weighted by Gasteiger charge is -2.24. The van der Waals surface area contributed by atoms with E-state index in [1.54, 1.807) is 0 Å². The predicted octanol–water partition coefficient (Wildman–Crippen LogP) is 5.52. The molecule has 120 valence electrons. The third kappa shape index (κ3) is 6.04. The third-order valence-corrected chi connectivity index (χ3v) is 3.64. The topological polar surface area (TPSA) is 29.1 Å². The fraction of sp³-hybridized carbons (Fsp3) is 0.353. The number of halogens is 3. The Hall–Kier alpha value is -0.960. The van der Waals surface area contributed by atoms with Crippen LogP contribution in [-0.4, -0.2) is 9.70 Å². The van der Waals surface area contributed by atoms with Gasteiger partial charge in [0.05, 0.1) is 6.04 Å². The van der Waals surface area contributed by atoms with E-state index in [1.807, 2.05) is 36.4 Å². The van der Waals surface area contributed by atoms with Crippen molar-refractivity contribution >= 4 is 40.7 Å². The molecule has 1 aromatic rings. The molecule has 0 spiro atoms. The number of amides is 1. The first-order valence-corrected chi connectivity index (χ1v) is 8.26. The first kappa shape index (κ1) is 19.1. The van der Waals surface area contributed by atoms with Gasteiger partial charge in [-0.05, 0) is 24.0 Å². The molecule has 0 saturated heterocycles. The average Bonchev–Trinajstić information content (AvgIpc) is 2.49. The summed E-state index contributed by atoms with van der Waals surface area (Å²) in [6.07, 6.45) is 6.40. The zero-order valence-corrected chi connectivity index (χ0v) is 14.8. The lowest BCUT2D eigenvalue weighted by Crippen LogP contribution is -2.38. The molecule has 1 aromatic carbocycles. The Balaban J connectivity index is 3.14. The molecule has 1 rings (SSSR count). The maximum Gasteiger partial charge on any atom is 0.272 e. The van der Waals surface area contributed by atoms with Gasteiger partial charge in [-0.25, -0.2) is 0 Å². The van der Waals surface area contributed by atoms with E-state index in [1.165, 1.54) is 0 Å². The molecular formula is C17H20Cl3NO. The van der Waals surface area contributed by atoms with E-state index in [0.717, 1.165) is 30.4 Å². The van der Waals surface area contributed by atoms with Gasteiger partial charge >= 0.3 is 0 Å². The second kappa shape index (κ2) is 9.24. The van der Waals surface area contributed by atoms with Gasteiger partial charge in [-0.3, -0.25) is 4.79 Å². The monoisotopic (exact) mass is 359 g/mol. The van der Waals surface area contributed by atoms with Gasteiger partial charge in [0, 0.05) is 0 Å². The Labute approximate surface area is 147 Å². The Morgan fingerprint density at radius 1 is 1.32 bits per heavy atom. The van der Waals surface area contributed by atoms with Crippen molar-refractivity contribution in [2.24, 2.45) is 0 Å². The van der Waals surface area contributed by atoms with E-state index >= 15 is 0 Å². The molecule has 1 N–H and O–H groups in total. The zero-order chi connectivity index (χ0) is 16.6. The highest BCUT2D eigenvalue weighted by Gasteiger charge is 2.33. The number of hydrogen-bond donors (Lipinski definition) is 1. The van der Waals surface area contributed by atoms with Crippen LogP contribution >= 0.6 is 34.8 Å². The summed E-state index contributed by atoms with van der Waals surface area (Å²) < 4.78 is -1.98. The molecule has 0 radical (unpaired) electrons. The third-order valence-electron chi connectivity index (χ3n) is 3.12. The molecule has 0 aromatic heterocycles. The van der Waals surface area contributed by atoms with E-state index in [0.29, 0.717) is 0 Å². The van der Waals surface area contributed by atoms with Gasteiger partial charge in [0.15, 0.2) is 0 Å². The van der Waals surface area contributed by atoms with Crippen molar-refractivity contribution in [2.75, 3.05) is 0 Å². The maximum absolute atomic E-state index is 12.1. The summed E-state index contributed by atoms with van der Waals surface area (Å²) in [5.41, 5.74) is 2.03. The average molecular weight is 361 g/mol. The van der Waals surface area contributed by atoms with Gasteiger partial charge in [0.2, 0.25) is 0 Å². The largest absolute Gasteiger partial charge is 0.342 e. The first-order valence-electron chi connectivity index (χ1n) is 7.12. The van der Waals surface area contributed by atoms with Crippen molar-refractivity contribution in [1.29, 1.82) is 0 Å². The summed E-state index contributed by atoms with van der Waals surface area (Å²) in [6, 6.07) is 9.33. The molecule has 0 fully saturated rings. The number of nitrogens with one attached hydrogen (secondary N) is 1. The molecule has 5 heteroatoms. The molecule has 0 aliphatic rings. The summed E-state index contributed by atoms with van der Waals surface area (Å²) in [5, 5.41) is 2.83. The number of alkyl halides is 3. The maximum atomic E-state index is 12.1. The standard InChI is InChI=1S/C17H20Cl3NO/c1-3-5-10-13(9-4-2)15(14-11-7-6-8-12-14)21-16(22)17(18,19)20/h3,6-8,10-12,15H,1,4-5,9H2,2H3,(H,21,22)/b13-10+/t15-/m0/s1. The highest BCUT2D eigenvalue weighted by Crippen LogP contribution is 2.31. The number of benzene rings is 1. The number of allylic oxidation sites excluding steroid dienone is 2. The molecule has 1 atom stereocenters. The van der Waals surface area contributed by atoms with Crippen LogP contribution in [0, 0.1) is 0 Å². The van der Waals surface area contributed by atoms with Crippen LogP contribution in [0.4, 0.5) is 0 Å². The van der Waals surface area contributed by atoms with Crippen LogP contribution in [0.2, 0.25) is 0 Å². The van der Waals surface area contributed by atoms with E-state index < -0.39 is 9.70 Å². The highest BCUT2D eigenvalue weighted by atomic mass is 35.6. The minimum absolute atomic E-state index is 0.316. The van der Waals surface area contributed by atoms with E-state index in [4.69, 9.17) is 34.8 Å². The van der Waals surface area contributed by atoms with Crippen molar-refractivity contribution in [1.82, 2.24) is 5.32 Å². The highest BCUT2D eigenvalue weighted by molar-refractivity contribution is 6.76. The molecule has 0 aliphatic carbocycles. The SMILES string of the molecule is C=CC/C=C(\CCC)[C@H](NC(=O)C(Cl)(Cl)Cl)c1ccccc1. The van der Waals surface area contributed by atoms with Crippen LogP contribution in [0.15, 0.2) is 54.6 Å². The van der Waals surface area contributed by atoms with E-state index in [9.17, 15) is 4.79 Å². The predicted molar refractivity (Wildman–Crippen MR) is 95.4 cm³/mol. The normalized spacial score (nSPS) is 13.5. The fourth-order valence-electron chi connectivity index (χ4n) is 2.14. The summed E-state index contributed by atoms with van der Waals surface area (Å²) >= 11 is 17.1. The number of rotatable bonds is 7. The molecule has 2 nitrogen and oxygen atoms in total. The smallest absolute Gasteiger partial charge is 0.272 e. The molecule has 0 saturated carbocycles. The lowest BCUT2D eigenvalue weighted by molar-refractivity contribution is -0.120. The van der Waals surface area contributed by atoms with Crippen LogP contribution in [0.5, 0.6) is 0 Å². The molecular weight excluding hydrogens is 341 g/mol. The Morgan fingerprint density at radius 3 is 2.45 bits per heavy atom. The number of carbonyl (C=O) groups is 1. The molecule has 0 heterocycles. The first-order chi connectivity index (χ1) is 10.4. The van der Waals surface area contributed by atoms with Crippen molar-refractivity contribution < 1.29 is 4.79 Å². The van der Waals surface area contributed by atoms with Crippen molar-refractivity contribution in [3.8, 4) is 0 Å². The van der Waals surface area contributed by atoms with Gasteiger partial charge < -0.3 is 5.32 Å². The van der Waals surface area contributed by atoms with Gasteiger partial charge in [-0.2, -0.15) is 0 Å². The minimum Gasteiger partial charge on any atom is -0.342 e. The van der Waals surface area contributed by atoms with Crippen LogP contribution in [0.1, 0.15) is 37.8 Å². The number of hydrogen-bond acceptors (Lipinski definition) is 1. The molecule has 1 amide bonds. The summed E-state index contributed by atoms with van der Waals surface area (Å²) in [6.45, 7) is 5.81. The summed E-state index contributed by atoms with van der Waals surface area (Å²) in [5.74, 6) is -0.632. The molecule has 0 bridgehead atoms. The fourth-order valence-corrected chi connectivity index (χ4v) is 2.30. The van der Waals surface area contributed by atoms with Crippen LogP contribution < -0.4 is 5.32 Å². The second-order valence-electron chi connectivity index (χ2n) is 4.87. The summed E-state index contributed by atoms with van der Waals surface area (Å²) in [7, 11) is 0. The van der Waals surface area contributed by atoms with Crippen molar-refractivity contribution in [3.05, 3.63) is 60.2 Å². The van der Waals surface area contributed by atoms with Crippen LogP contribution in [-0.2, 0) is 4.79 Å². The van der Waals surface area contributed by atoms with Gasteiger partial charge in [-0.15, -0.1) is 6.58 Å². The molecule has 0 unspecified atom stereocenters. The Morgan fingerprint density at radius 2 is 1.95 bits per heavy atom. The van der Waals surface area contributed by atoms with Crippen LogP contribution in [0.3, 0.4) is 0 Å². The van der Waals surface area contributed by atoms with Gasteiger partial charge in [0.1, 0.15) is 0 Å². The second-order valence-corrected chi connectivity index (χ2v) is 7.15. The van der Waals surface area contributed by atoms with Crippen LogP contribution in [0.25, 0.3) is 0 Å². The van der Waals surface area contributed by atoms with Gasteiger partial charge in [0.25, 0.3) is 9.70 Å². The van der Waals surface area contributed by atoms with E-state index in [2.05, 4.69) is 24.9 Å². The van der Waals surface area contributed by atoms with Crippen molar-refractivity contribution in [2.45, 2.75) is 36.0 Å². The lowest BCUT2D eigenvalue weighted by atomic mass is 9.94. The number of carbonyl (C=O) groups excluding carboxylic acids is 1. The van der Waals surface area contributed by atoms with E-state index in [-0.39, 0.29) is 6.04 Å².